The molecule has 2 heterocycles. The lowest BCUT2D eigenvalue weighted by Crippen LogP contribution is -2.34. The van der Waals surface area contributed by atoms with Crippen molar-refractivity contribution in [3.63, 3.8) is 0 Å². The van der Waals surface area contributed by atoms with Gasteiger partial charge in [0.2, 0.25) is 0 Å². The Balaban J connectivity index is 1.90. The number of ether oxygens (including phenoxy) is 1. The fraction of sp³-hybridized carbons (Fsp3) is 0.600. The molecule has 0 aliphatic carbocycles. The van der Waals surface area contributed by atoms with Gasteiger partial charge in [-0.2, -0.15) is 0 Å². The number of rotatable bonds is 4. The SMILES string of the molecule is CCNC(c1cc(Br)ccc1F)C1CC2CCC1O2. The van der Waals surface area contributed by atoms with E-state index in [4.69, 9.17) is 4.74 Å². The van der Waals surface area contributed by atoms with Gasteiger partial charge in [0.05, 0.1) is 12.2 Å². The molecule has 2 bridgehead atoms. The van der Waals surface area contributed by atoms with Gasteiger partial charge in [-0.3, -0.25) is 0 Å². The van der Waals surface area contributed by atoms with Crippen molar-refractivity contribution in [3.05, 3.63) is 34.1 Å². The molecule has 2 fully saturated rings. The number of fused-ring (bicyclic) bond motifs is 2. The van der Waals surface area contributed by atoms with Gasteiger partial charge in [-0.1, -0.05) is 22.9 Å². The summed E-state index contributed by atoms with van der Waals surface area (Å²) in [6.45, 7) is 2.90. The van der Waals surface area contributed by atoms with Gasteiger partial charge in [-0.25, -0.2) is 4.39 Å². The van der Waals surface area contributed by atoms with Crippen molar-refractivity contribution in [2.45, 2.75) is 44.4 Å². The van der Waals surface area contributed by atoms with Crippen molar-refractivity contribution in [2.75, 3.05) is 6.54 Å². The van der Waals surface area contributed by atoms with Crippen molar-refractivity contribution >= 4 is 15.9 Å². The average Bonchev–Trinajstić information content (AvgIpc) is 3.01. The topological polar surface area (TPSA) is 21.3 Å². The first-order chi connectivity index (χ1) is 9.19. The second-order valence-electron chi connectivity index (χ2n) is 5.47. The highest BCUT2D eigenvalue weighted by molar-refractivity contribution is 9.10. The molecule has 104 valence electrons. The van der Waals surface area contributed by atoms with Crippen LogP contribution in [0.1, 0.15) is 37.8 Å². The van der Waals surface area contributed by atoms with Crippen molar-refractivity contribution in [1.82, 2.24) is 5.32 Å². The summed E-state index contributed by atoms with van der Waals surface area (Å²) in [7, 11) is 0. The van der Waals surface area contributed by atoms with Gasteiger partial charge in [0.1, 0.15) is 5.82 Å². The van der Waals surface area contributed by atoms with Crippen LogP contribution in [-0.4, -0.2) is 18.8 Å². The third kappa shape index (κ3) is 2.58. The molecule has 0 spiro atoms. The fourth-order valence-corrected chi connectivity index (χ4v) is 3.87. The Kier molecular flexibility index (Phi) is 3.92. The summed E-state index contributed by atoms with van der Waals surface area (Å²) < 4.78 is 21.0. The maximum atomic E-state index is 14.1. The van der Waals surface area contributed by atoms with E-state index >= 15 is 0 Å². The second kappa shape index (κ2) is 5.51. The molecule has 1 aromatic carbocycles. The normalized spacial score (nSPS) is 30.8. The Labute approximate surface area is 121 Å². The van der Waals surface area contributed by atoms with Crippen LogP contribution < -0.4 is 5.32 Å². The van der Waals surface area contributed by atoms with Gasteiger partial charge in [0, 0.05) is 22.0 Å². The third-order valence-corrected chi connectivity index (χ3v) is 4.79. The molecule has 4 atom stereocenters. The number of benzene rings is 1. The first kappa shape index (κ1) is 13.5. The average molecular weight is 328 g/mol. The van der Waals surface area contributed by atoms with Crippen LogP contribution in [0.15, 0.2) is 22.7 Å². The zero-order valence-electron chi connectivity index (χ0n) is 11.0. The molecular weight excluding hydrogens is 309 g/mol. The molecule has 2 saturated heterocycles. The summed E-state index contributed by atoms with van der Waals surface area (Å²) >= 11 is 3.44. The van der Waals surface area contributed by atoms with Crippen molar-refractivity contribution in [2.24, 2.45) is 5.92 Å². The first-order valence-electron chi connectivity index (χ1n) is 7.03. The van der Waals surface area contributed by atoms with E-state index < -0.39 is 0 Å². The number of halogens is 2. The molecule has 0 radical (unpaired) electrons. The van der Waals surface area contributed by atoms with Gasteiger partial charge in [0.15, 0.2) is 0 Å². The summed E-state index contributed by atoms with van der Waals surface area (Å²) in [5, 5.41) is 3.45. The number of nitrogens with one attached hydrogen (secondary N) is 1. The lowest BCUT2D eigenvalue weighted by Gasteiger charge is -2.30. The standard InChI is InChI=1S/C15H19BrFNO/c1-2-18-15(11-7-9(16)3-5-13(11)17)12-8-10-4-6-14(12)19-10/h3,5,7,10,12,14-15,18H,2,4,6,8H2,1H3. The molecule has 1 aromatic rings. The highest BCUT2D eigenvalue weighted by Gasteiger charge is 2.45. The van der Waals surface area contributed by atoms with Gasteiger partial charge < -0.3 is 10.1 Å². The lowest BCUT2D eigenvalue weighted by atomic mass is 9.81. The molecule has 4 heteroatoms. The molecule has 0 saturated carbocycles. The Bertz CT molecular complexity index is 467. The predicted molar refractivity (Wildman–Crippen MR) is 76.5 cm³/mol. The minimum Gasteiger partial charge on any atom is -0.375 e. The van der Waals surface area contributed by atoms with E-state index in [0.29, 0.717) is 18.1 Å². The molecule has 0 amide bonds. The van der Waals surface area contributed by atoms with E-state index in [1.807, 2.05) is 6.07 Å². The smallest absolute Gasteiger partial charge is 0.128 e. The first-order valence-corrected chi connectivity index (χ1v) is 7.82. The van der Waals surface area contributed by atoms with E-state index in [9.17, 15) is 4.39 Å². The summed E-state index contributed by atoms with van der Waals surface area (Å²) in [5.74, 6) is 0.263. The van der Waals surface area contributed by atoms with Crippen molar-refractivity contribution in [3.8, 4) is 0 Å². The van der Waals surface area contributed by atoms with Crippen molar-refractivity contribution < 1.29 is 9.13 Å². The number of hydrogen-bond donors (Lipinski definition) is 1. The van der Waals surface area contributed by atoms with Crippen molar-refractivity contribution in [1.29, 1.82) is 0 Å². The van der Waals surface area contributed by atoms with E-state index in [1.165, 1.54) is 12.5 Å². The minimum absolute atomic E-state index is 0.0535. The Morgan fingerprint density at radius 1 is 1.47 bits per heavy atom. The van der Waals surface area contributed by atoms with Crippen LogP contribution in [0.5, 0.6) is 0 Å². The zero-order valence-corrected chi connectivity index (χ0v) is 12.6. The van der Waals surface area contributed by atoms with Crippen LogP contribution in [0.2, 0.25) is 0 Å². The summed E-state index contributed by atoms with van der Waals surface area (Å²) in [5.41, 5.74) is 0.761. The monoisotopic (exact) mass is 327 g/mol. The molecule has 0 aromatic heterocycles. The Hall–Kier alpha value is -0.450. The molecule has 2 aliphatic rings. The van der Waals surface area contributed by atoms with Crippen LogP contribution in [0.25, 0.3) is 0 Å². The van der Waals surface area contributed by atoms with Gasteiger partial charge in [0.25, 0.3) is 0 Å². The van der Waals surface area contributed by atoms with Gasteiger partial charge >= 0.3 is 0 Å². The molecule has 2 nitrogen and oxygen atoms in total. The molecule has 19 heavy (non-hydrogen) atoms. The molecule has 3 rings (SSSR count). The lowest BCUT2D eigenvalue weighted by molar-refractivity contribution is 0.0855. The predicted octanol–water partition coefficient (Wildman–Crippen LogP) is 3.81. The zero-order chi connectivity index (χ0) is 13.4. The van der Waals surface area contributed by atoms with Crippen LogP contribution in [0.4, 0.5) is 4.39 Å². The largest absolute Gasteiger partial charge is 0.375 e. The van der Waals surface area contributed by atoms with Gasteiger partial charge in [-0.05, 0) is 44.0 Å². The summed E-state index contributed by atoms with van der Waals surface area (Å²) in [4.78, 5) is 0. The molecule has 1 N–H and O–H groups in total. The van der Waals surface area contributed by atoms with Crippen LogP contribution in [-0.2, 0) is 4.74 Å². The van der Waals surface area contributed by atoms with E-state index in [-0.39, 0.29) is 11.9 Å². The minimum atomic E-state index is -0.128. The Morgan fingerprint density at radius 3 is 2.95 bits per heavy atom. The molecule has 4 unspecified atom stereocenters. The van der Waals surface area contributed by atoms with E-state index in [1.54, 1.807) is 6.07 Å². The second-order valence-corrected chi connectivity index (χ2v) is 6.39. The van der Waals surface area contributed by atoms with Crippen LogP contribution >= 0.6 is 15.9 Å². The highest BCUT2D eigenvalue weighted by Crippen LogP contribution is 2.45. The third-order valence-electron chi connectivity index (χ3n) is 4.30. The van der Waals surface area contributed by atoms with E-state index in [0.717, 1.165) is 29.4 Å². The Morgan fingerprint density at radius 2 is 2.32 bits per heavy atom. The molecule has 2 aliphatic heterocycles. The molecular formula is C15H19BrFNO. The van der Waals surface area contributed by atoms with E-state index in [2.05, 4.69) is 28.2 Å². The quantitative estimate of drug-likeness (QED) is 0.908. The van der Waals surface area contributed by atoms with Crippen LogP contribution in [0.3, 0.4) is 0 Å². The summed E-state index contributed by atoms with van der Waals surface area (Å²) in [6, 6.07) is 5.24. The maximum Gasteiger partial charge on any atom is 0.128 e. The number of hydrogen-bond acceptors (Lipinski definition) is 2. The maximum absolute atomic E-state index is 14.1. The highest BCUT2D eigenvalue weighted by atomic mass is 79.9. The van der Waals surface area contributed by atoms with Crippen LogP contribution in [0, 0.1) is 11.7 Å². The summed E-state index contributed by atoms with van der Waals surface area (Å²) in [6.07, 6.45) is 4.03. The van der Waals surface area contributed by atoms with Gasteiger partial charge in [-0.15, -0.1) is 0 Å². The fourth-order valence-electron chi connectivity index (χ4n) is 3.49.